The Labute approximate surface area is 121 Å². The maximum atomic E-state index is 12.0. The standard InChI is InChI=1S/C15H15NO3S/c17-12(11-5-6-20-9-11)8-16-15(18)14-7-10-3-1-2-4-13(10)19-14/h1-6,9,12,14,17H,7-8H2,(H,16,18). The van der Waals surface area contributed by atoms with Crippen molar-refractivity contribution < 1.29 is 14.6 Å². The Morgan fingerprint density at radius 2 is 2.30 bits per heavy atom. The fourth-order valence-electron chi connectivity index (χ4n) is 2.22. The zero-order valence-electron chi connectivity index (χ0n) is 10.8. The van der Waals surface area contributed by atoms with Crippen LogP contribution in [0.4, 0.5) is 0 Å². The van der Waals surface area contributed by atoms with E-state index in [1.165, 1.54) is 11.3 Å². The number of aliphatic hydroxyl groups is 1. The summed E-state index contributed by atoms with van der Waals surface area (Å²) in [6.45, 7) is 0.200. The van der Waals surface area contributed by atoms with E-state index in [1.54, 1.807) is 0 Å². The fraction of sp³-hybridized carbons (Fsp3) is 0.267. The molecule has 5 heteroatoms. The highest BCUT2D eigenvalue weighted by atomic mass is 32.1. The highest BCUT2D eigenvalue weighted by Gasteiger charge is 2.28. The number of thiophene rings is 1. The molecular formula is C15H15NO3S. The monoisotopic (exact) mass is 289 g/mol. The highest BCUT2D eigenvalue weighted by Crippen LogP contribution is 2.28. The summed E-state index contributed by atoms with van der Waals surface area (Å²) in [5, 5.41) is 16.4. The van der Waals surface area contributed by atoms with Gasteiger partial charge < -0.3 is 15.2 Å². The summed E-state index contributed by atoms with van der Waals surface area (Å²) < 4.78 is 5.60. The molecule has 0 spiro atoms. The van der Waals surface area contributed by atoms with Gasteiger partial charge in [-0.05, 0) is 34.0 Å². The molecule has 104 valence electrons. The first-order valence-corrected chi connectivity index (χ1v) is 7.41. The van der Waals surface area contributed by atoms with Gasteiger partial charge >= 0.3 is 0 Å². The molecule has 0 radical (unpaired) electrons. The quantitative estimate of drug-likeness (QED) is 0.904. The predicted octanol–water partition coefficient (Wildman–Crippen LogP) is 1.90. The number of hydrogen-bond acceptors (Lipinski definition) is 4. The Kier molecular flexibility index (Phi) is 3.71. The molecule has 2 N–H and O–H groups in total. The number of fused-ring (bicyclic) bond motifs is 1. The number of carbonyl (C=O) groups is 1. The molecule has 1 aliphatic heterocycles. The first-order valence-electron chi connectivity index (χ1n) is 6.46. The number of ether oxygens (including phenoxy) is 1. The van der Waals surface area contributed by atoms with E-state index < -0.39 is 12.2 Å². The number of benzene rings is 1. The van der Waals surface area contributed by atoms with E-state index in [2.05, 4.69) is 5.32 Å². The van der Waals surface area contributed by atoms with Gasteiger partial charge in [0.1, 0.15) is 5.75 Å². The zero-order valence-corrected chi connectivity index (χ0v) is 11.6. The van der Waals surface area contributed by atoms with Crippen LogP contribution in [0.1, 0.15) is 17.2 Å². The van der Waals surface area contributed by atoms with Crippen LogP contribution in [0, 0.1) is 0 Å². The first kappa shape index (κ1) is 13.1. The summed E-state index contributed by atoms with van der Waals surface area (Å²) in [5.41, 5.74) is 1.87. The molecule has 2 unspecified atom stereocenters. The lowest BCUT2D eigenvalue weighted by molar-refractivity contribution is -0.127. The van der Waals surface area contributed by atoms with E-state index in [9.17, 15) is 9.90 Å². The number of nitrogens with one attached hydrogen (secondary N) is 1. The summed E-state index contributed by atoms with van der Waals surface area (Å²) in [4.78, 5) is 12.0. The van der Waals surface area contributed by atoms with Crippen LogP contribution in [0.5, 0.6) is 5.75 Å². The molecule has 4 nitrogen and oxygen atoms in total. The van der Waals surface area contributed by atoms with Gasteiger partial charge in [-0.1, -0.05) is 18.2 Å². The van der Waals surface area contributed by atoms with Crippen molar-refractivity contribution in [2.24, 2.45) is 0 Å². The lowest BCUT2D eigenvalue weighted by atomic mass is 10.1. The number of aliphatic hydroxyl groups excluding tert-OH is 1. The summed E-state index contributed by atoms with van der Waals surface area (Å²) in [7, 11) is 0. The molecule has 20 heavy (non-hydrogen) atoms. The van der Waals surface area contributed by atoms with Gasteiger partial charge in [0.15, 0.2) is 6.10 Å². The number of hydrogen-bond donors (Lipinski definition) is 2. The molecule has 1 aliphatic rings. The van der Waals surface area contributed by atoms with Gasteiger partial charge in [-0.25, -0.2) is 0 Å². The molecule has 0 bridgehead atoms. The highest BCUT2D eigenvalue weighted by molar-refractivity contribution is 7.07. The van der Waals surface area contributed by atoms with Crippen molar-refractivity contribution in [3.05, 3.63) is 52.2 Å². The summed E-state index contributed by atoms with van der Waals surface area (Å²) >= 11 is 1.52. The number of rotatable bonds is 4. The van der Waals surface area contributed by atoms with Crippen molar-refractivity contribution in [1.29, 1.82) is 0 Å². The average molecular weight is 289 g/mol. The molecule has 1 aromatic carbocycles. The number of amides is 1. The Balaban J connectivity index is 1.54. The number of para-hydroxylation sites is 1. The second-order valence-corrected chi connectivity index (χ2v) is 5.52. The van der Waals surface area contributed by atoms with Gasteiger partial charge in [0, 0.05) is 13.0 Å². The molecule has 0 aliphatic carbocycles. The second-order valence-electron chi connectivity index (χ2n) is 4.74. The lowest BCUT2D eigenvalue weighted by Crippen LogP contribution is -2.39. The van der Waals surface area contributed by atoms with Crippen LogP contribution in [0.25, 0.3) is 0 Å². The molecule has 2 aromatic rings. The summed E-state index contributed by atoms with van der Waals surface area (Å²) in [6.07, 6.45) is -0.590. The molecule has 0 saturated carbocycles. The van der Waals surface area contributed by atoms with Crippen LogP contribution in [0.15, 0.2) is 41.1 Å². The molecular weight excluding hydrogens is 274 g/mol. The molecule has 1 amide bonds. The average Bonchev–Trinajstić information content (AvgIpc) is 3.12. The zero-order chi connectivity index (χ0) is 13.9. The SMILES string of the molecule is O=C(NCC(O)c1ccsc1)C1Cc2ccccc2O1. The van der Waals surface area contributed by atoms with E-state index in [0.717, 1.165) is 16.9 Å². The third kappa shape index (κ3) is 2.69. The summed E-state index contributed by atoms with van der Waals surface area (Å²) in [5.74, 6) is 0.585. The van der Waals surface area contributed by atoms with E-state index >= 15 is 0 Å². The molecule has 2 atom stereocenters. The molecule has 0 saturated heterocycles. The topological polar surface area (TPSA) is 58.6 Å². The van der Waals surface area contributed by atoms with E-state index in [-0.39, 0.29) is 12.5 Å². The third-order valence-corrected chi connectivity index (χ3v) is 4.04. The van der Waals surface area contributed by atoms with Crippen molar-refractivity contribution in [2.75, 3.05) is 6.54 Å². The van der Waals surface area contributed by atoms with Crippen LogP contribution in [0.3, 0.4) is 0 Å². The van der Waals surface area contributed by atoms with Crippen LogP contribution in [-0.4, -0.2) is 23.7 Å². The molecule has 1 aromatic heterocycles. The minimum absolute atomic E-state index is 0.185. The molecule has 3 rings (SSSR count). The van der Waals surface area contributed by atoms with Gasteiger partial charge in [0.2, 0.25) is 0 Å². The minimum atomic E-state index is -0.672. The first-order chi connectivity index (χ1) is 9.74. The van der Waals surface area contributed by atoms with Gasteiger partial charge in [-0.2, -0.15) is 11.3 Å². The number of carbonyl (C=O) groups excluding carboxylic acids is 1. The lowest BCUT2D eigenvalue weighted by Gasteiger charge is -2.14. The largest absolute Gasteiger partial charge is 0.480 e. The van der Waals surface area contributed by atoms with Crippen LogP contribution >= 0.6 is 11.3 Å². The van der Waals surface area contributed by atoms with Gasteiger partial charge in [0.05, 0.1) is 6.10 Å². The third-order valence-electron chi connectivity index (χ3n) is 3.34. The van der Waals surface area contributed by atoms with Crippen molar-refractivity contribution >= 4 is 17.2 Å². The van der Waals surface area contributed by atoms with Crippen molar-refractivity contribution in [3.8, 4) is 5.75 Å². The van der Waals surface area contributed by atoms with Gasteiger partial charge in [0.25, 0.3) is 5.91 Å². The van der Waals surface area contributed by atoms with Crippen LogP contribution in [-0.2, 0) is 11.2 Å². The van der Waals surface area contributed by atoms with Crippen LogP contribution < -0.4 is 10.1 Å². The van der Waals surface area contributed by atoms with E-state index in [4.69, 9.17) is 4.74 Å². The van der Waals surface area contributed by atoms with Gasteiger partial charge in [-0.3, -0.25) is 4.79 Å². The van der Waals surface area contributed by atoms with E-state index in [1.807, 2.05) is 41.1 Å². The summed E-state index contributed by atoms with van der Waals surface area (Å²) in [6, 6.07) is 9.50. The van der Waals surface area contributed by atoms with Crippen molar-refractivity contribution in [1.82, 2.24) is 5.32 Å². The molecule has 2 heterocycles. The normalized spacial score (nSPS) is 18.1. The molecule has 0 fully saturated rings. The Morgan fingerprint density at radius 3 is 3.05 bits per heavy atom. The van der Waals surface area contributed by atoms with Crippen molar-refractivity contribution in [3.63, 3.8) is 0 Å². The Morgan fingerprint density at radius 1 is 1.45 bits per heavy atom. The Hall–Kier alpha value is -1.85. The fourth-order valence-corrected chi connectivity index (χ4v) is 2.93. The van der Waals surface area contributed by atoms with Gasteiger partial charge in [-0.15, -0.1) is 0 Å². The van der Waals surface area contributed by atoms with Crippen molar-refractivity contribution in [2.45, 2.75) is 18.6 Å². The van der Waals surface area contributed by atoms with E-state index in [0.29, 0.717) is 6.42 Å². The predicted molar refractivity (Wildman–Crippen MR) is 76.9 cm³/mol. The Bertz CT molecular complexity index is 572. The maximum absolute atomic E-state index is 12.0. The second kappa shape index (κ2) is 5.64. The van der Waals surface area contributed by atoms with Crippen LogP contribution in [0.2, 0.25) is 0 Å². The minimum Gasteiger partial charge on any atom is -0.480 e. The smallest absolute Gasteiger partial charge is 0.261 e. The maximum Gasteiger partial charge on any atom is 0.261 e.